The number of nitrogens with zero attached hydrogens (tertiary/aromatic N) is 1. The third kappa shape index (κ3) is 3.92. The second-order valence-corrected chi connectivity index (χ2v) is 5.99. The Morgan fingerprint density at radius 2 is 2.21 bits per heavy atom. The summed E-state index contributed by atoms with van der Waals surface area (Å²) in [5.41, 5.74) is 1.79. The van der Waals surface area contributed by atoms with E-state index >= 15 is 0 Å². The van der Waals surface area contributed by atoms with Gasteiger partial charge in [0.1, 0.15) is 0 Å². The Kier molecular flexibility index (Phi) is 4.79. The molecule has 0 radical (unpaired) electrons. The van der Waals surface area contributed by atoms with Crippen molar-refractivity contribution in [1.29, 1.82) is 0 Å². The molecule has 0 aliphatic carbocycles. The molecule has 0 saturated carbocycles. The van der Waals surface area contributed by atoms with Crippen LogP contribution < -0.4 is 10.9 Å². The molecule has 0 amide bonds. The molecule has 1 aromatic carbocycles. The fourth-order valence-electron chi connectivity index (χ4n) is 1.64. The number of halogens is 1. The molecule has 100 valence electrons. The molecular weight excluding hydrogens is 326 g/mol. The quantitative estimate of drug-likeness (QED) is 0.841. The zero-order valence-electron chi connectivity index (χ0n) is 10.7. The van der Waals surface area contributed by atoms with Gasteiger partial charge in [0.2, 0.25) is 0 Å². The fourth-order valence-corrected chi connectivity index (χ4v) is 3.18. The largest absolute Gasteiger partial charge is 0.316 e. The Morgan fingerprint density at radius 3 is 2.84 bits per heavy atom. The summed E-state index contributed by atoms with van der Waals surface area (Å²) in [7, 11) is 1.91. The molecule has 1 heterocycles. The molecule has 0 spiro atoms. The zero-order valence-corrected chi connectivity index (χ0v) is 13.1. The highest BCUT2D eigenvalue weighted by molar-refractivity contribution is 9.10. The van der Waals surface area contributed by atoms with E-state index < -0.39 is 0 Å². The van der Waals surface area contributed by atoms with Gasteiger partial charge in [0.05, 0.1) is 0 Å². The molecule has 0 bridgehead atoms. The Labute approximate surface area is 124 Å². The van der Waals surface area contributed by atoms with Gasteiger partial charge in [-0.1, -0.05) is 33.8 Å². The predicted molar refractivity (Wildman–Crippen MR) is 80.6 cm³/mol. The molecule has 0 atom stereocenters. The van der Waals surface area contributed by atoms with Gasteiger partial charge in [-0.2, -0.15) is 0 Å². The van der Waals surface area contributed by atoms with Crippen molar-refractivity contribution in [1.82, 2.24) is 15.3 Å². The van der Waals surface area contributed by atoms with Crippen molar-refractivity contribution in [2.45, 2.75) is 23.5 Å². The van der Waals surface area contributed by atoms with Crippen molar-refractivity contribution in [3.63, 3.8) is 0 Å². The minimum Gasteiger partial charge on any atom is -0.316 e. The van der Waals surface area contributed by atoms with Crippen LogP contribution in [-0.4, -0.2) is 17.0 Å². The van der Waals surface area contributed by atoms with Crippen LogP contribution in [0.3, 0.4) is 0 Å². The van der Waals surface area contributed by atoms with Gasteiger partial charge < -0.3 is 10.3 Å². The summed E-state index contributed by atoms with van der Waals surface area (Å²) in [6.45, 7) is 2.62. The summed E-state index contributed by atoms with van der Waals surface area (Å²) in [4.78, 5) is 19.4. The average molecular weight is 340 g/mol. The van der Waals surface area contributed by atoms with Crippen LogP contribution in [0, 0.1) is 6.92 Å². The molecular formula is C13H14BrN3OS. The molecule has 0 unspecified atom stereocenters. The molecule has 2 aromatic rings. The van der Waals surface area contributed by atoms with E-state index in [1.807, 2.05) is 26.1 Å². The molecule has 0 aliphatic rings. The van der Waals surface area contributed by atoms with E-state index in [1.54, 1.807) is 0 Å². The summed E-state index contributed by atoms with van der Waals surface area (Å²) in [5.74, 6) is 0. The van der Waals surface area contributed by atoms with Crippen LogP contribution in [0.1, 0.15) is 11.3 Å². The summed E-state index contributed by atoms with van der Waals surface area (Å²) >= 11 is 4.98. The smallest absolute Gasteiger partial charge is 0.251 e. The predicted octanol–water partition coefficient (Wildman–Crippen LogP) is 2.71. The second-order valence-electron chi connectivity index (χ2n) is 4.08. The van der Waals surface area contributed by atoms with E-state index in [0.717, 1.165) is 21.6 Å². The van der Waals surface area contributed by atoms with Gasteiger partial charge in [-0.15, -0.1) is 0 Å². The molecule has 0 aliphatic heterocycles. The Hall–Kier alpha value is -1.11. The van der Waals surface area contributed by atoms with Crippen molar-refractivity contribution in [3.8, 4) is 0 Å². The van der Waals surface area contributed by atoms with Gasteiger partial charge in [0.25, 0.3) is 5.56 Å². The maximum absolute atomic E-state index is 11.4. The standard InChI is InChI=1S/C13H14BrN3OS/c1-8-5-12(18)17-13(16-8)19-10-4-3-9(7-15-2)11(14)6-10/h3-6,15H,7H2,1-2H3,(H,16,17,18). The molecule has 6 heteroatoms. The first-order valence-electron chi connectivity index (χ1n) is 5.77. The minimum absolute atomic E-state index is 0.124. The van der Waals surface area contributed by atoms with E-state index in [0.29, 0.717) is 5.16 Å². The lowest BCUT2D eigenvalue weighted by atomic mass is 10.2. The molecule has 0 saturated heterocycles. The normalized spacial score (nSPS) is 10.7. The number of nitrogens with one attached hydrogen (secondary N) is 2. The number of H-pyrrole nitrogens is 1. The van der Waals surface area contributed by atoms with Gasteiger partial charge in [-0.25, -0.2) is 4.98 Å². The number of hydrogen-bond donors (Lipinski definition) is 2. The van der Waals surface area contributed by atoms with Crippen molar-refractivity contribution in [2.24, 2.45) is 0 Å². The van der Waals surface area contributed by atoms with Crippen molar-refractivity contribution >= 4 is 27.7 Å². The lowest BCUT2D eigenvalue weighted by Gasteiger charge is -2.06. The fraction of sp³-hybridized carbons (Fsp3) is 0.231. The molecule has 19 heavy (non-hydrogen) atoms. The number of aryl methyl sites for hydroxylation is 1. The van der Waals surface area contributed by atoms with Gasteiger partial charge in [-0.3, -0.25) is 4.79 Å². The van der Waals surface area contributed by atoms with E-state index in [4.69, 9.17) is 0 Å². The van der Waals surface area contributed by atoms with Crippen molar-refractivity contribution in [3.05, 3.63) is 50.3 Å². The Morgan fingerprint density at radius 1 is 1.42 bits per heavy atom. The zero-order chi connectivity index (χ0) is 13.8. The van der Waals surface area contributed by atoms with E-state index in [2.05, 4.69) is 37.3 Å². The average Bonchev–Trinajstić information content (AvgIpc) is 2.31. The highest BCUT2D eigenvalue weighted by atomic mass is 79.9. The molecule has 4 nitrogen and oxygen atoms in total. The number of aromatic amines is 1. The van der Waals surface area contributed by atoms with E-state index in [9.17, 15) is 4.79 Å². The van der Waals surface area contributed by atoms with Crippen LogP contribution in [0.15, 0.2) is 43.6 Å². The minimum atomic E-state index is -0.124. The second kappa shape index (κ2) is 6.36. The number of benzene rings is 1. The van der Waals surface area contributed by atoms with Crippen LogP contribution in [0.2, 0.25) is 0 Å². The first-order chi connectivity index (χ1) is 9.08. The van der Waals surface area contributed by atoms with Crippen molar-refractivity contribution < 1.29 is 0 Å². The lowest BCUT2D eigenvalue weighted by molar-refractivity contribution is 0.813. The first-order valence-corrected chi connectivity index (χ1v) is 7.38. The highest BCUT2D eigenvalue weighted by Crippen LogP contribution is 2.28. The van der Waals surface area contributed by atoms with Crippen LogP contribution >= 0.6 is 27.7 Å². The molecule has 2 N–H and O–H groups in total. The maximum Gasteiger partial charge on any atom is 0.251 e. The summed E-state index contributed by atoms with van der Waals surface area (Å²) in [6, 6.07) is 7.58. The third-order valence-electron chi connectivity index (χ3n) is 2.45. The van der Waals surface area contributed by atoms with Crippen LogP contribution in [0.4, 0.5) is 0 Å². The monoisotopic (exact) mass is 339 g/mol. The molecule has 2 rings (SSSR count). The van der Waals surface area contributed by atoms with Crippen LogP contribution in [0.25, 0.3) is 0 Å². The summed E-state index contributed by atoms with van der Waals surface area (Å²) in [5, 5.41) is 3.72. The van der Waals surface area contributed by atoms with Gasteiger partial charge >= 0.3 is 0 Å². The van der Waals surface area contributed by atoms with Gasteiger partial charge in [0.15, 0.2) is 5.16 Å². The summed E-state index contributed by atoms with van der Waals surface area (Å²) < 4.78 is 1.04. The number of aromatic nitrogens is 2. The number of hydrogen-bond acceptors (Lipinski definition) is 4. The number of rotatable bonds is 4. The topological polar surface area (TPSA) is 57.8 Å². The molecule has 0 fully saturated rings. The lowest BCUT2D eigenvalue weighted by Crippen LogP contribution is -2.08. The van der Waals surface area contributed by atoms with Crippen molar-refractivity contribution in [2.75, 3.05) is 7.05 Å². The SMILES string of the molecule is CNCc1ccc(Sc2nc(C)cc(=O)[nH]2)cc1Br. The van der Waals surface area contributed by atoms with Gasteiger partial charge in [0, 0.05) is 27.7 Å². The third-order valence-corrected chi connectivity index (χ3v) is 4.07. The van der Waals surface area contributed by atoms with E-state index in [1.165, 1.54) is 23.4 Å². The maximum atomic E-state index is 11.4. The van der Waals surface area contributed by atoms with Crippen LogP contribution in [0.5, 0.6) is 0 Å². The summed E-state index contributed by atoms with van der Waals surface area (Å²) in [6.07, 6.45) is 0. The van der Waals surface area contributed by atoms with E-state index in [-0.39, 0.29) is 5.56 Å². The Balaban J connectivity index is 2.23. The van der Waals surface area contributed by atoms with Gasteiger partial charge in [-0.05, 0) is 31.7 Å². The molecule has 1 aromatic heterocycles. The Bertz CT molecular complexity index is 642. The highest BCUT2D eigenvalue weighted by Gasteiger charge is 2.05. The first kappa shape index (κ1) is 14.3. The van der Waals surface area contributed by atoms with Crippen LogP contribution in [-0.2, 0) is 6.54 Å².